The molecule has 0 aromatic carbocycles. The molecule has 6 nitrogen and oxygen atoms in total. The second-order valence-electron chi connectivity index (χ2n) is 6.00. The van der Waals surface area contributed by atoms with E-state index in [4.69, 9.17) is 4.52 Å². The smallest absolute Gasteiger partial charge is 0.223 e. The third kappa shape index (κ3) is 3.90. The van der Waals surface area contributed by atoms with Crippen molar-refractivity contribution in [2.75, 3.05) is 20.1 Å². The van der Waals surface area contributed by atoms with Crippen molar-refractivity contribution in [1.82, 2.24) is 24.9 Å². The van der Waals surface area contributed by atoms with Gasteiger partial charge in [-0.2, -0.15) is 4.98 Å². The maximum Gasteiger partial charge on any atom is 0.223 e. The Hall–Kier alpha value is -1.79. The standard InChI is InChI=1S/C16H23N5O/c1-13-18-16(19-22-13)12-21-9-5-7-15(11-21)20(2)10-14-6-3-4-8-17-14/h3-4,6,8,15H,5,7,9-12H2,1-2H3/t15-/m0/s1. The second-order valence-corrected chi connectivity index (χ2v) is 6.00. The van der Waals surface area contributed by atoms with Crippen molar-refractivity contribution in [3.05, 3.63) is 41.8 Å². The zero-order valence-electron chi connectivity index (χ0n) is 13.3. The summed E-state index contributed by atoms with van der Waals surface area (Å²) in [4.78, 5) is 13.5. The van der Waals surface area contributed by atoms with Crippen LogP contribution in [0.15, 0.2) is 28.9 Å². The van der Waals surface area contributed by atoms with Crippen LogP contribution >= 0.6 is 0 Å². The average molecular weight is 301 g/mol. The average Bonchev–Trinajstić information content (AvgIpc) is 2.93. The lowest BCUT2D eigenvalue weighted by molar-refractivity contribution is 0.104. The number of aromatic nitrogens is 3. The molecule has 0 radical (unpaired) electrons. The number of piperidine rings is 1. The zero-order chi connectivity index (χ0) is 15.4. The van der Waals surface area contributed by atoms with Gasteiger partial charge in [-0.3, -0.25) is 14.8 Å². The zero-order valence-corrected chi connectivity index (χ0v) is 13.3. The van der Waals surface area contributed by atoms with Crippen LogP contribution < -0.4 is 0 Å². The van der Waals surface area contributed by atoms with Gasteiger partial charge >= 0.3 is 0 Å². The topological polar surface area (TPSA) is 58.3 Å². The molecule has 0 saturated carbocycles. The number of likely N-dealkylation sites (N-methyl/N-ethyl adjacent to an activating group) is 1. The summed E-state index contributed by atoms with van der Waals surface area (Å²) < 4.78 is 5.05. The van der Waals surface area contributed by atoms with Gasteiger partial charge in [-0.1, -0.05) is 11.2 Å². The maximum atomic E-state index is 5.05. The Balaban J connectivity index is 1.55. The summed E-state index contributed by atoms with van der Waals surface area (Å²) >= 11 is 0. The summed E-state index contributed by atoms with van der Waals surface area (Å²) in [6, 6.07) is 6.63. The lowest BCUT2D eigenvalue weighted by Crippen LogP contribution is -2.46. The van der Waals surface area contributed by atoms with Gasteiger partial charge in [0.25, 0.3) is 0 Å². The van der Waals surface area contributed by atoms with Gasteiger partial charge in [0.1, 0.15) is 0 Å². The Kier molecular flexibility index (Phi) is 4.80. The van der Waals surface area contributed by atoms with Crippen molar-refractivity contribution in [3.63, 3.8) is 0 Å². The number of rotatable bonds is 5. The fraction of sp³-hybridized carbons (Fsp3) is 0.562. The summed E-state index contributed by atoms with van der Waals surface area (Å²) in [5.74, 6) is 1.42. The Morgan fingerprint density at radius 2 is 2.32 bits per heavy atom. The van der Waals surface area contributed by atoms with E-state index in [0.29, 0.717) is 11.9 Å². The molecular formula is C16H23N5O. The molecule has 1 aliphatic rings. The lowest BCUT2D eigenvalue weighted by atomic mass is 10.0. The molecule has 118 valence electrons. The normalized spacial score (nSPS) is 19.7. The number of aryl methyl sites for hydroxylation is 1. The second kappa shape index (κ2) is 6.98. The highest BCUT2D eigenvalue weighted by Gasteiger charge is 2.24. The molecule has 0 spiro atoms. The first kappa shape index (κ1) is 15.1. The van der Waals surface area contributed by atoms with E-state index in [2.05, 4.69) is 38.0 Å². The van der Waals surface area contributed by atoms with E-state index in [-0.39, 0.29) is 0 Å². The third-order valence-corrected chi connectivity index (χ3v) is 4.18. The molecule has 2 aromatic heterocycles. The van der Waals surface area contributed by atoms with Gasteiger partial charge in [0.05, 0.1) is 12.2 Å². The van der Waals surface area contributed by atoms with Crippen LogP contribution in [0.3, 0.4) is 0 Å². The van der Waals surface area contributed by atoms with Crippen LogP contribution in [0, 0.1) is 6.92 Å². The first-order chi connectivity index (χ1) is 10.7. The predicted molar refractivity (Wildman–Crippen MR) is 83.0 cm³/mol. The van der Waals surface area contributed by atoms with Crippen LogP contribution in [0.25, 0.3) is 0 Å². The van der Waals surface area contributed by atoms with E-state index in [0.717, 1.165) is 37.7 Å². The molecule has 1 aliphatic heterocycles. The van der Waals surface area contributed by atoms with Crippen molar-refractivity contribution in [1.29, 1.82) is 0 Å². The van der Waals surface area contributed by atoms with Gasteiger partial charge in [0.2, 0.25) is 5.89 Å². The van der Waals surface area contributed by atoms with Crippen molar-refractivity contribution in [2.24, 2.45) is 0 Å². The van der Waals surface area contributed by atoms with Gasteiger partial charge in [0.15, 0.2) is 5.82 Å². The minimum atomic E-state index is 0.545. The number of nitrogens with zero attached hydrogens (tertiary/aromatic N) is 5. The van der Waals surface area contributed by atoms with Gasteiger partial charge in [-0.05, 0) is 38.6 Å². The molecule has 1 saturated heterocycles. The van der Waals surface area contributed by atoms with E-state index in [1.165, 1.54) is 12.8 Å². The highest BCUT2D eigenvalue weighted by molar-refractivity contribution is 5.03. The van der Waals surface area contributed by atoms with Crippen LogP contribution in [-0.4, -0.2) is 51.1 Å². The van der Waals surface area contributed by atoms with E-state index >= 15 is 0 Å². The van der Waals surface area contributed by atoms with Crippen molar-refractivity contribution < 1.29 is 4.52 Å². The fourth-order valence-corrected chi connectivity index (χ4v) is 3.02. The van der Waals surface area contributed by atoms with Crippen LogP contribution in [0.5, 0.6) is 0 Å². The molecule has 2 aromatic rings. The van der Waals surface area contributed by atoms with Crippen molar-refractivity contribution in [3.8, 4) is 0 Å². The van der Waals surface area contributed by atoms with Gasteiger partial charge in [-0.25, -0.2) is 0 Å². The molecule has 6 heteroatoms. The summed E-state index contributed by atoms with van der Waals surface area (Å²) in [6.45, 7) is 5.63. The van der Waals surface area contributed by atoms with Crippen LogP contribution in [-0.2, 0) is 13.1 Å². The van der Waals surface area contributed by atoms with Crippen molar-refractivity contribution >= 4 is 0 Å². The summed E-state index contributed by atoms with van der Waals surface area (Å²) in [6.07, 6.45) is 4.29. The van der Waals surface area contributed by atoms with E-state index < -0.39 is 0 Å². The Labute approximate surface area is 131 Å². The minimum Gasteiger partial charge on any atom is -0.340 e. The van der Waals surface area contributed by atoms with Gasteiger partial charge < -0.3 is 4.52 Å². The van der Waals surface area contributed by atoms with Crippen LogP contribution in [0.1, 0.15) is 30.3 Å². The number of likely N-dealkylation sites (tertiary alicyclic amines) is 1. The number of pyridine rings is 1. The molecule has 22 heavy (non-hydrogen) atoms. The third-order valence-electron chi connectivity index (χ3n) is 4.18. The minimum absolute atomic E-state index is 0.545. The Morgan fingerprint density at radius 1 is 1.41 bits per heavy atom. The monoisotopic (exact) mass is 301 g/mol. The summed E-state index contributed by atoms with van der Waals surface area (Å²) in [5, 5.41) is 4.00. The summed E-state index contributed by atoms with van der Waals surface area (Å²) in [7, 11) is 2.18. The molecular weight excluding hydrogens is 278 g/mol. The summed E-state index contributed by atoms with van der Waals surface area (Å²) in [5.41, 5.74) is 1.12. The molecule has 1 atom stereocenters. The Morgan fingerprint density at radius 3 is 3.05 bits per heavy atom. The fourth-order valence-electron chi connectivity index (χ4n) is 3.02. The maximum absolute atomic E-state index is 5.05. The molecule has 0 amide bonds. The molecule has 0 bridgehead atoms. The predicted octanol–water partition coefficient (Wildman–Crippen LogP) is 1.87. The van der Waals surface area contributed by atoms with E-state index in [1.807, 2.05) is 25.3 Å². The molecule has 0 N–H and O–H groups in total. The molecule has 3 heterocycles. The molecule has 0 aliphatic carbocycles. The highest BCUT2D eigenvalue weighted by Crippen LogP contribution is 2.17. The molecule has 1 fully saturated rings. The number of hydrogen-bond acceptors (Lipinski definition) is 6. The van der Waals surface area contributed by atoms with E-state index in [1.54, 1.807) is 0 Å². The highest BCUT2D eigenvalue weighted by atomic mass is 16.5. The molecule has 3 rings (SSSR count). The lowest BCUT2D eigenvalue weighted by Gasteiger charge is -2.37. The van der Waals surface area contributed by atoms with E-state index in [9.17, 15) is 0 Å². The van der Waals surface area contributed by atoms with Crippen LogP contribution in [0.2, 0.25) is 0 Å². The van der Waals surface area contributed by atoms with Crippen molar-refractivity contribution in [2.45, 2.75) is 38.9 Å². The first-order valence-corrected chi connectivity index (χ1v) is 7.82. The largest absolute Gasteiger partial charge is 0.340 e. The van der Waals surface area contributed by atoms with Crippen LogP contribution in [0.4, 0.5) is 0 Å². The quantitative estimate of drug-likeness (QED) is 0.840. The first-order valence-electron chi connectivity index (χ1n) is 7.82. The molecule has 0 unspecified atom stereocenters. The van der Waals surface area contributed by atoms with Gasteiger partial charge in [-0.15, -0.1) is 0 Å². The number of hydrogen-bond donors (Lipinski definition) is 0. The van der Waals surface area contributed by atoms with Gasteiger partial charge in [0, 0.05) is 32.3 Å². The SMILES string of the molecule is Cc1nc(CN2CCC[C@H](N(C)Cc3ccccn3)C2)no1. The Bertz CT molecular complexity index is 585.